The molecule has 0 saturated heterocycles. The molecule has 32 heavy (non-hydrogen) atoms. The van der Waals surface area contributed by atoms with E-state index in [4.69, 9.17) is 67.5 Å². The molecule has 1 fully saturated rings. The molecule has 4 aromatic rings. The van der Waals surface area contributed by atoms with Crippen LogP contribution in [-0.4, -0.2) is 24.3 Å². The van der Waals surface area contributed by atoms with Crippen molar-refractivity contribution in [3.05, 3.63) is 69.0 Å². The fourth-order valence-corrected chi connectivity index (χ4v) is 4.96. The predicted octanol–water partition coefficient (Wildman–Crippen LogP) is 7.69. The fourth-order valence-electron chi connectivity index (χ4n) is 3.65. The van der Waals surface area contributed by atoms with E-state index in [1.807, 2.05) is 38.1 Å². The maximum Gasteiger partial charge on any atom is 0.268 e. The molecule has 1 unspecified atom stereocenters. The van der Waals surface area contributed by atoms with Crippen LogP contribution < -0.4 is 0 Å². The van der Waals surface area contributed by atoms with Crippen LogP contribution in [-0.2, 0) is 5.41 Å². The predicted molar refractivity (Wildman–Crippen MR) is 128 cm³/mol. The molecule has 1 aliphatic rings. The van der Waals surface area contributed by atoms with E-state index in [1.165, 1.54) is 0 Å². The van der Waals surface area contributed by atoms with Gasteiger partial charge in [0.1, 0.15) is 4.33 Å². The maximum atomic E-state index is 6.51. The molecular weight excluding hydrogens is 514 g/mol. The van der Waals surface area contributed by atoms with Crippen molar-refractivity contribution in [2.24, 2.45) is 0 Å². The number of halogens is 5. The number of rotatable bonds is 4. The zero-order valence-electron chi connectivity index (χ0n) is 16.8. The Balaban J connectivity index is 1.69. The topological polar surface area (TPSA) is 56.7 Å². The molecule has 10 heteroatoms. The molecule has 0 bridgehead atoms. The van der Waals surface area contributed by atoms with E-state index in [0.29, 0.717) is 38.8 Å². The molecule has 1 saturated carbocycles. The quantitative estimate of drug-likeness (QED) is 0.255. The summed E-state index contributed by atoms with van der Waals surface area (Å²) in [6.07, 6.45) is 0.536. The largest absolute Gasteiger partial charge is 0.418 e. The third kappa shape index (κ3) is 3.51. The van der Waals surface area contributed by atoms with Crippen LogP contribution in [0, 0.1) is 6.92 Å². The fraction of sp³-hybridized carbons (Fsp3) is 0.227. The van der Waals surface area contributed by atoms with E-state index in [1.54, 1.807) is 22.9 Å². The van der Waals surface area contributed by atoms with Gasteiger partial charge >= 0.3 is 0 Å². The first kappa shape index (κ1) is 22.1. The molecule has 2 aromatic heterocycles. The molecule has 5 nitrogen and oxygen atoms in total. The van der Waals surface area contributed by atoms with E-state index in [-0.39, 0.29) is 5.89 Å². The van der Waals surface area contributed by atoms with Crippen molar-refractivity contribution in [2.75, 3.05) is 0 Å². The Bertz CT molecular complexity index is 1350. The first-order valence-corrected chi connectivity index (χ1v) is 11.5. The Morgan fingerprint density at radius 1 is 0.969 bits per heavy atom. The number of aromatic nitrogens is 4. The molecule has 0 spiro atoms. The van der Waals surface area contributed by atoms with E-state index in [0.717, 1.165) is 16.8 Å². The van der Waals surface area contributed by atoms with Gasteiger partial charge in [-0.05, 0) is 50.6 Å². The Kier molecular flexibility index (Phi) is 5.27. The van der Waals surface area contributed by atoms with Crippen molar-refractivity contribution in [1.29, 1.82) is 0 Å². The van der Waals surface area contributed by atoms with E-state index in [2.05, 4.69) is 10.2 Å². The van der Waals surface area contributed by atoms with Gasteiger partial charge in [0.2, 0.25) is 5.89 Å². The second-order valence-electron chi connectivity index (χ2n) is 7.96. The first-order chi connectivity index (χ1) is 15.1. The van der Waals surface area contributed by atoms with Crippen molar-refractivity contribution >= 4 is 58.0 Å². The summed E-state index contributed by atoms with van der Waals surface area (Å²) < 4.78 is 6.80. The summed E-state index contributed by atoms with van der Waals surface area (Å²) in [7, 11) is 0. The molecule has 0 N–H and O–H groups in total. The third-order valence-corrected chi connectivity index (χ3v) is 7.63. The summed E-state index contributed by atoms with van der Waals surface area (Å²) in [4.78, 5) is 0. The lowest BCUT2D eigenvalue weighted by Gasteiger charge is -2.11. The van der Waals surface area contributed by atoms with Crippen LogP contribution in [0.15, 0.2) is 46.9 Å². The standard InChI is InChI=1S/C22H15Cl5N4O/c1-11-17(19-28-29-20(32-19)21(2)10-22(21,26)27)30-31(16-8-7-14(24)9-15(16)25)18(11)12-3-5-13(23)6-4-12/h3-9H,10H2,1-2H3. The summed E-state index contributed by atoms with van der Waals surface area (Å²) in [6, 6.07) is 12.7. The monoisotopic (exact) mass is 526 g/mol. The Labute approximate surface area is 209 Å². The zero-order valence-corrected chi connectivity index (χ0v) is 20.6. The van der Waals surface area contributed by atoms with Crippen LogP contribution in [0.1, 0.15) is 24.8 Å². The van der Waals surface area contributed by atoms with Gasteiger partial charge in [-0.15, -0.1) is 33.4 Å². The smallest absolute Gasteiger partial charge is 0.268 e. The highest BCUT2D eigenvalue weighted by molar-refractivity contribution is 6.52. The normalized spacial score (nSPS) is 19.3. The first-order valence-electron chi connectivity index (χ1n) is 9.64. The number of hydrogen-bond donors (Lipinski definition) is 0. The zero-order chi connectivity index (χ0) is 22.8. The van der Waals surface area contributed by atoms with Crippen molar-refractivity contribution in [1.82, 2.24) is 20.0 Å². The van der Waals surface area contributed by atoms with Gasteiger partial charge in [-0.3, -0.25) is 0 Å². The van der Waals surface area contributed by atoms with Gasteiger partial charge in [0.05, 0.1) is 21.8 Å². The summed E-state index contributed by atoms with van der Waals surface area (Å²) in [5.41, 5.74) is 3.13. The van der Waals surface area contributed by atoms with Crippen LogP contribution in [0.2, 0.25) is 15.1 Å². The average Bonchev–Trinajstić information content (AvgIpc) is 3.10. The van der Waals surface area contributed by atoms with E-state index >= 15 is 0 Å². The molecule has 0 radical (unpaired) electrons. The number of hydrogen-bond acceptors (Lipinski definition) is 4. The minimum absolute atomic E-state index is 0.272. The van der Waals surface area contributed by atoms with Crippen LogP contribution >= 0.6 is 58.0 Å². The van der Waals surface area contributed by atoms with Gasteiger partial charge in [0, 0.05) is 21.2 Å². The van der Waals surface area contributed by atoms with E-state index < -0.39 is 9.75 Å². The van der Waals surface area contributed by atoms with Gasteiger partial charge < -0.3 is 4.42 Å². The SMILES string of the molecule is Cc1c(-c2nnc(C3(C)CC3(Cl)Cl)o2)nn(-c2ccc(Cl)cc2Cl)c1-c1ccc(Cl)cc1. The van der Waals surface area contributed by atoms with Gasteiger partial charge in [-0.2, -0.15) is 5.10 Å². The van der Waals surface area contributed by atoms with Crippen LogP contribution in [0.4, 0.5) is 0 Å². The summed E-state index contributed by atoms with van der Waals surface area (Å²) in [5.74, 6) is 0.651. The molecule has 1 atom stereocenters. The molecule has 2 heterocycles. The van der Waals surface area contributed by atoms with E-state index in [9.17, 15) is 0 Å². The summed E-state index contributed by atoms with van der Waals surface area (Å²) in [6.45, 7) is 3.82. The third-order valence-electron chi connectivity index (χ3n) is 5.74. The molecule has 164 valence electrons. The highest BCUT2D eigenvalue weighted by atomic mass is 35.5. The van der Waals surface area contributed by atoms with Gasteiger partial charge in [-0.25, -0.2) is 4.68 Å². The molecule has 1 aliphatic carbocycles. The average molecular weight is 529 g/mol. The van der Waals surface area contributed by atoms with Crippen LogP contribution in [0.5, 0.6) is 0 Å². The minimum atomic E-state index is -0.920. The summed E-state index contributed by atoms with van der Waals surface area (Å²) in [5, 5.41) is 14.8. The molecule has 0 aliphatic heterocycles. The molecule has 5 rings (SSSR count). The van der Waals surface area contributed by atoms with Crippen molar-refractivity contribution in [3.63, 3.8) is 0 Å². The number of nitrogens with zero attached hydrogens (tertiary/aromatic N) is 4. The Morgan fingerprint density at radius 3 is 2.25 bits per heavy atom. The lowest BCUT2D eigenvalue weighted by atomic mass is 10.1. The van der Waals surface area contributed by atoms with Gasteiger partial charge in [0.15, 0.2) is 5.69 Å². The maximum absolute atomic E-state index is 6.51. The molecular formula is C22H15Cl5N4O. The second-order valence-corrected chi connectivity index (χ2v) is 10.7. The Hall–Kier alpha value is -1.76. The Morgan fingerprint density at radius 2 is 1.62 bits per heavy atom. The summed E-state index contributed by atoms with van der Waals surface area (Å²) >= 11 is 31.3. The molecule has 0 amide bonds. The van der Waals surface area contributed by atoms with Gasteiger partial charge in [-0.1, -0.05) is 46.9 Å². The van der Waals surface area contributed by atoms with Crippen LogP contribution in [0.25, 0.3) is 28.5 Å². The van der Waals surface area contributed by atoms with Crippen molar-refractivity contribution in [3.8, 4) is 28.5 Å². The van der Waals surface area contributed by atoms with Crippen molar-refractivity contribution in [2.45, 2.75) is 30.0 Å². The van der Waals surface area contributed by atoms with Crippen molar-refractivity contribution < 1.29 is 4.42 Å². The minimum Gasteiger partial charge on any atom is -0.418 e. The highest BCUT2D eigenvalue weighted by Crippen LogP contribution is 2.64. The molecule has 2 aromatic carbocycles. The highest BCUT2D eigenvalue weighted by Gasteiger charge is 2.67. The van der Waals surface area contributed by atoms with Gasteiger partial charge in [0.25, 0.3) is 5.89 Å². The number of benzene rings is 2. The lowest BCUT2D eigenvalue weighted by Crippen LogP contribution is -2.10. The number of alkyl halides is 2. The lowest BCUT2D eigenvalue weighted by molar-refractivity contribution is 0.455. The van der Waals surface area contributed by atoms with Crippen LogP contribution in [0.3, 0.4) is 0 Å². The second kappa shape index (κ2) is 7.64.